The summed E-state index contributed by atoms with van der Waals surface area (Å²) >= 11 is 0. The zero-order chi connectivity index (χ0) is 14.4. The molecule has 0 unspecified atom stereocenters. The first kappa shape index (κ1) is 14.9. The van der Waals surface area contributed by atoms with E-state index in [-0.39, 0.29) is 12.5 Å². The maximum absolute atomic E-state index is 11.9. The number of para-hydroxylation sites is 1. The van der Waals surface area contributed by atoms with Crippen molar-refractivity contribution in [2.24, 2.45) is 0 Å². The summed E-state index contributed by atoms with van der Waals surface area (Å²) in [7, 11) is 0. The van der Waals surface area contributed by atoms with Crippen molar-refractivity contribution < 1.29 is 9.53 Å². The summed E-state index contributed by atoms with van der Waals surface area (Å²) in [5.41, 5.74) is 1.05. The lowest BCUT2D eigenvalue weighted by atomic mass is 10.1. The molecule has 1 aromatic carbocycles. The summed E-state index contributed by atoms with van der Waals surface area (Å²) in [6, 6.07) is 8.05. The van der Waals surface area contributed by atoms with E-state index >= 15 is 0 Å². The maximum atomic E-state index is 11.9. The molecule has 0 aliphatic carbocycles. The maximum Gasteiger partial charge on any atom is 0.258 e. The highest BCUT2D eigenvalue weighted by Gasteiger charge is 2.19. The molecule has 0 atom stereocenters. The minimum Gasteiger partial charge on any atom is -0.484 e. The predicted octanol–water partition coefficient (Wildman–Crippen LogP) is 1.97. The molecule has 4 nitrogen and oxygen atoms in total. The van der Waals surface area contributed by atoms with Crippen molar-refractivity contribution >= 4 is 5.91 Å². The average molecular weight is 276 g/mol. The Balaban J connectivity index is 1.72. The molecule has 20 heavy (non-hydrogen) atoms. The highest BCUT2D eigenvalue weighted by atomic mass is 16.5. The summed E-state index contributed by atoms with van der Waals surface area (Å²) in [5, 5.41) is 3.06. The third-order valence-electron chi connectivity index (χ3n) is 3.85. The monoisotopic (exact) mass is 276 g/mol. The van der Waals surface area contributed by atoms with E-state index in [1.165, 1.54) is 0 Å². The zero-order valence-electron chi connectivity index (χ0n) is 12.4. The van der Waals surface area contributed by atoms with E-state index in [1.54, 1.807) is 0 Å². The molecule has 1 aliphatic rings. The highest BCUT2D eigenvalue weighted by molar-refractivity contribution is 5.77. The molecule has 0 saturated carbocycles. The van der Waals surface area contributed by atoms with Crippen LogP contribution in [0.15, 0.2) is 24.3 Å². The van der Waals surface area contributed by atoms with E-state index in [0.717, 1.165) is 43.8 Å². The second-order valence-corrected chi connectivity index (χ2v) is 5.33. The van der Waals surface area contributed by atoms with E-state index in [4.69, 9.17) is 4.74 Å². The van der Waals surface area contributed by atoms with Gasteiger partial charge in [-0.2, -0.15) is 0 Å². The van der Waals surface area contributed by atoms with Gasteiger partial charge in [-0.25, -0.2) is 0 Å². The number of nitrogens with one attached hydrogen (secondary N) is 1. The van der Waals surface area contributed by atoms with E-state index in [1.807, 2.05) is 31.2 Å². The zero-order valence-corrected chi connectivity index (χ0v) is 12.4. The Bertz CT molecular complexity index is 440. The van der Waals surface area contributed by atoms with Crippen molar-refractivity contribution in [2.45, 2.75) is 32.7 Å². The van der Waals surface area contributed by atoms with Gasteiger partial charge in [0.2, 0.25) is 0 Å². The van der Waals surface area contributed by atoms with Crippen LogP contribution in [0.3, 0.4) is 0 Å². The SMILES string of the molecule is CCN1CCC(NC(=O)COc2ccccc2C)CC1. The molecule has 1 aliphatic heterocycles. The largest absolute Gasteiger partial charge is 0.484 e. The number of amides is 1. The number of hydrogen-bond donors (Lipinski definition) is 1. The normalized spacial score (nSPS) is 16.9. The Kier molecular flexibility index (Phi) is 5.41. The molecule has 0 radical (unpaired) electrons. The summed E-state index contributed by atoms with van der Waals surface area (Å²) in [6.45, 7) is 7.48. The molecule has 4 heteroatoms. The minimum absolute atomic E-state index is 0.0248. The van der Waals surface area contributed by atoms with Gasteiger partial charge in [0.15, 0.2) is 6.61 Å². The van der Waals surface area contributed by atoms with Crippen LogP contribution in [0.5, 0.6) is 5.75 Å². The van der Waals surface area contributed by atoms with Gasteiger partial charge in [-0.3, -0.25) is 4.79 Å². The van der Waals surface area contributed by atoms with E-state index in [9.17, 15) is 4.79 Å². The van der Waals surface area contributed by atoms with Crippen LogP contribution in [0.1, 0.15) is 25.3 Å². The van der Waals surface area contributed by atoms with Gasteiger partial charge < -0.3 is 15.0 Å². The van der Waals surface area contributed by atoms with E-state index < -0.39 is 0 Å². The fourth-order valence-corrected chi connectivity index (χ4v) is 2.52. The van der Waals surface area contributed by atoms with Gasteiger partial charge in [-0.15, -0.1) is 0 Å². The average Bonchev–Trinajstić information content (AvgIpc) is 2.47. The topological polar surface area (TPSA) is 41.6 Å². The van der Waals surface area contributed by atoms with Crippen molar-refractivity contribution in [3.05, 3.63) is 29.8 Å². The van der Waals surface area contributed by atoms with Crippen LogP contribution < -0.4 is 10.1 Å². The van der Waals surface area contributed by atoms with Crippen LogP contribution in [0, 0.1) is 6.92 Å². The summed E-state index contributed by atoms with van der Waals surface area (Å²) in [5.74, 6) is 0.756. The Labute approximate surface area is 121 Å². The Hall–Kier alpha value is -1.55. The summed E-state index contributed by atoms with van der Waals surface area (Å²) in [6.07, 6.45) is 2.06. The summed E-state index contributed by atoms with van der Waals surface area (Å²) < 4.78 is 5.56. The number of benzene rings is 1. The number of likely N-dealkylation sites (tertiary alicyclic amines) is 1. The number of piperidine rings is 1. The number of aryl methyl sites for hydroxylation is 1. The first-order valence-corrected chi connectivity index (χ1v) is 7.39. The highest BCUT2D eigenvalue weighted by Crippen LogP contribution is 2.16. The number of ether oxygens (including phenoxy) is 1. The van der Waals surface area contributed by atoms with Crippen LogP contribution in [0.2, 0.25) is 0 Å². The van der Waals surface area contributed by atoms with Crippen LogP contribution in [0.4, 0.5) is 0 Å². The van der Waals surface area contributed by atoms with Crippen molar-refractivity contribution in [2.75, 3.05) is 26.2 Å². The number of carbonyl (C=O) groups excluding carboxylic acids is 1. The summed E-state index contributed by atoms with van der Waals surface area (Å²) in [4.78, 5) is 14.3. The van der Waals surface area contributed by atoms with Gasteiger partial charge in [-0.1, -0.05) is 25.1 Å². The molecule has 1 amide bonds. The molecule has 110 valence electrons. The number of rotatable bonds is 5. The molecule has 1 fully saturated rings. The number of hydrogen-bond acceptors (Lipinski definition) is 3. The van der Waals surface area contributed by atoms with Gasteiger partial charge in [-0.05, 0) is 37.9 Å². The Morgan fingerprint density at radius 2 is 2.05 bits per heavy atom. The lowest BCUT2D eigenvalue weighted by Gasteiger charge is -2.31. The van der Waals surface area contributed by atoms with Crippen LogP contribution in [0.25, 0.3) is 0 Å². The van der Waals surface area contributed by atoms with Crippen molar-refractivity contribution in [3.8, 4) is 5.75 Å². The Morgan fingerprint density at radius 3 is 2.70 bits per heavy atom. The molecular weight excluding hydrogens is 252 g/mol. The van der Waals surface area contributed by atoms with Crippen LogP contribution in [-0.4, -0.2) is 43.1 Å². The van der Waals surface area contributed by atoms with Crippen molar-refractivity contribution in [3.63, 3.8) is 0 Å². The van der Waals surface area contributed by atoms with E-state index in [2.05, 4.69) is 17.1 Å². The lowest BCUT2D eigenvalue weighted by molar-refractivity contribution is -0.124. The third kappa shape index (κ3) is 4.23. The van der Waals surface area contributed by atoms with Gasteiger partial charge in [0.1, 0.15) is 5.75 Å². The molecule has 1 N–H and O–H groups in total. The van der Waals surface area contributed by atoms with Crippen molar-refractivity contribution in [1.29, 1.82) is 0 Å². The molecule has 0 spiro atoms. The van der Waals surface area contributed by atoms with Crippen LogP contribution >= 0.6 is 0 Å². The molecular formula is C16H24N2O2. The first-order chi connectivity index (χ1) is 9.69. The van der Waals surface area contributed by atoms with E-state index in [0.29, 0.717) is 6.04 Å². The quantitative estimate of drug-likeness (QED) is 0.894. The first-order valence-electron chi connectivity index (χ1n) is 7.39. The fourth-order valence-electron chi connectivity index (χ4n) is 2.52. The molecule has 1 heterocycles. The number of carbonyl (C=O) groups is 1. The smallest absolute Gasteiger partial charge is 0.258 e. The second-order valence-electron chi connectivity index (χ2n) is 5.33. The standard InChI is InChI=1S/C16H24N2O2/c1-3-18-10-8-14(9-11-18)17-16(19)12-20-15-7-5-4-6-13(15)2/h4-7,14H,3,8-12H2,1-2H3,(H,17,19). The molecule has 1 saturated heterocycles. The van der Waals surface area contributed by atoms with Crippen LogP contribution in [-0.2, 0) is 4.79 Å². The number of nitrogens with zero attached hydrogens (tertiary/aromatic N) is 1. The predicted molar refractivity (Wildman–Crippen MR) is 80.0 cm³/mol. The van der Waals surface area contributed by atoms with Gasteiger partial charge in [0, 0.05) is 19.1 Å². The van der Waals surface area contributed by atoms with Gasteiger partial charge in [0.05, 0.1) is 0 Å². The second kappa shape index (κ2) is 7.29. The fraction of sp³-hybridized carbons (Fsp3) is 0.562. The van der Waals surface area contributed by atoms with Gasteiger partial charge in [0.25, 0.3) is 5.91 Å². The van der Waals surface area contributed by atoms with Gasteiger partial charge >= 0.3 is 0 Å². The molecule has 0 aromatic heterocycles. The molecule has 2 rings (SSSR count). The van der Waals surface area contributed by atoms with Crippen molar-refractivity contribution in [1.82, 2.24) is 10.2 Å². The molecule has 0 bridgehead atoms. The minimum atomic E-state index is -0.0248. The molecule has 1 aromatic rings. The Morgan fingerprint density at radius 1 is 1.35 bits per heavy atom. The third-order valence-corrected chi connectivity index (χ3v) is 3.85. The lowest BCUT2D eigenvalue weighted by Crippen LogP contribution is -2.45.